The average Bonchev–Trinajstić information content (AvgIpc) is 0.839. The maximum absolute atomic E-state index is 5.18. The minimum atomic E-state index is 0.910. The van der Waals surface area contributed by atoms with Gasteiger partial charge in [0.25, 0.3) is 0 Å². The lowest BCUT2D eigenvalue weighted by Crippen LogP contribution is -1.93. The Bertz CT molecular complexity index is 3670. The van der Waals surface area contributed by atoms with Crippen molar-refractivity contribution in [2.24, 2.45) is 0 Å². The first-order valence-corrected chi connectivity index (χ1v) is 37.2. The topological polar surface area (TPSA) is 46.2 Å². The summed E-state index contributed by atoms with van der Waals surface area (Å²) in [4.78, 5) is 0. The fourth-order valence-electron chi connectivity index (χ4n) is 11.2. The summed E-state index contributed by atoms with van der Waals surface area (Å²) in [6.07, 6.45) is 0. The molecule has 0 atom stereocenters. The lowest BCUT2D eigenvalue weighted by Gasteiger charge is -2.10. The van der Waals surface area contributed by atoms with Gasteiger partial charge in [-0.05, 0) is 467 Å². The van der Waals surface area contributed by atoms with Crippen LogP contribution in [0.25, 0.3) is 0 Å². The van der Waals surface area contributed by atoms with Crippen LogP contribution in [0.1, 0.15) is 195 Å². The van der Waals surface area contributed by atoms with Crippen molar-refractivity contribution in [2.75, 3.05) is 35.5 Å². The Morgan fingerprint density at radius 1 is 0.105 bits per heavy atom. The summed E-state index contributed by atoms with van der Waals surface area (Å²) in [7, 11) is 8.47. The Morgan fingerprint density at radius 2 is 0.171 bits per heavy atom. The highest BCUT2D eigenvalue weighted by atomic mass is 16.5. The number of methoxy groups -OCH3 is 5. The highest BCUT2D eigenvalue weighted by Crippen LogP contribution is 2.30. The van der Waals surface area contributed by atoms with E-state index in [1.165, 1.54) is 184 Å². The molecule has 105 heavy (non-hydrogen) atoms. The van der Waals surface area contributed by atoms with Gasteiger partial charge < -0.3 is 23.7 Å². The molecular formula is C100H140O5. The van der Waals surface area contributed by atoms with Gasteiger partial charge in [0, 0.05) is 0 Å². The first-order chi connectivity index (χ1) is 48.9. The number of hydrogen-bond donors (Lipinski definition) is 0. The van der Waals surface area contributed by atoms with E-state index in [0.717, 1.165) is 39.9 Å². The molecule has 0 aliphatic heterocycles. The third kappa shape index (κ3) is 28.2. The predicted molar refractivity (Wildman–Crippen MR) is 463 cm³/mol. The van der Waals surface area contributed by atoms with Gasteiger partial charge >= 0.3 is 0 Å². The van der Waals surface area contributed by atoms with E-state index in [2.05, 4.69) is 319 Å². The number of hydrogen-bond acceptors (Lipinski definition) is 5. The standard InChI is InChI=1S/C10H14O2.3C10H14O.6C10H14/c1-7-8(2)10(12-4)6-5-9(7)11-3;3*1-7-5-6-10(11-4)9(3)8(7)2;6*1-7-5-6-8(2)10(4)9(7)3/h5-6H,1-4H3;3*5-6H,1-4H3;6*5-6H,1-4H3. The summed E-state index contributed by atoms with van der Waals surface area (Å²) in [6, 6.07) is 42.3. The van der Waals surface area contributed by atoms with Crippen LogP contribution < -0.4 is 23.7 Å². The zero-order valence-electron chi connectivity index (χ0n) is 73.6. The van der Waals surface area contributed by atoms with E-state index in [0.29, 0.717) is 0 Å². The quantitative estimate of drug-likeness (QED) is 0.172. The number of ether oxygens (including phenoxy) is 5. The van der Waals surface area contributed by atoms with Crippen molar-refractivity contribution in [3.8, 4) is 28.7 Å². The molecule has 0 aliphatic carbocycles. The molecular weight excluding hydrogens is 1280 g/mol. The van der Waals surface area contributed by atoms with Gasteiger partial charge in [-0.3, -0.25) is 0 Å². The Balaban J connectivity index is 0.000000584. The van der Waals surface area contributed by atoms with Crippen LogP contribution in [0.2, 0.25) is 0 Å². The van der Waals surface area contributed by atoms with Crippen molar-refractivity contribution in [1.82, 2.24) is 0 Å². The molecule has 10 aromatic carbocycles. The lowest BCUT2D eigenvalue weighted by molar-refractivity contribution is 0.398. The van der Waals surface area contributed by atoms with Gasteiger partial charge in [0.2, 0.25) is 0 Å². The summed E-state index contributed by atoms with van der Waals surface area (Å²) >= 11 is 0. The Morgan fingerprint density at radius 3 is 0.267 bits per heavy atom. The second kappa shape index (κ2) is 45.5. The van der Waals surface area contributed by atoms with E-state index in [9.17, 15) is 0 Å². The number of benzene rings is 10. The summed E-state index contributed by atoms with van der Waals surface area (Å²) in [5, 5.41) is 0. The number of rotatable bonds is 5. The molecule has 0 aromatic heterocycles. The van der Waals surface area contributed by atoms with Crippen molar-refractivity contribution >= 4 is 0 Å². The van der Waals surface area contributed by atoms with Crippen LogP contribution in [0.15, 0.2) is 121 Å². The largest absolute Gasteiger partial charge is 0.496 e. The second-order valence-corrected chi connectivity index (χ2v) is 28.9. The minimum absolute atomic E-state index is 0.910. The minimum Gasteiger partial charge on any atom is -0.496 e. The molecule has 0 bridgehead atoms. The van der Waals surface area contributed by atoms with Crippen LogP contribution in [0.4, 0.5) is 0 Å². The average molecular weight is 1420 g/mol. The molecule has 570 valence electrons. The summed E-state index contributed by atoms with van der Waals surface area (Å²) in [6.45, 7) is 75.0. The molecule has 10 aromatic rings. The molecule has 0 saturated heterocycles. The van der Waals surface area contributed by atoms with Crippen molar-refractivity contribution in [1.29, 1.82) is 0 Å². The molecule has 5 heteroatoms. The fourth-order valence-corrected chi connectivity index (χ4v) is 11.2. The molecule has 0 unspecified atom stereocenters. The first kappa shape index (κ1) is 94.2. The predicted octanol–water partition coefficient (Wildman–Crippen LogP) is 27.7. The Hall–Kier alpha value is -8.80. The zero-order chi connectivity index (χ0) is 80.8. The smallest absolute Gasteiger partial charge is 0.122 e. The van der Waals surface area contributed by atoms with E-state index < -0.39 is 0 Å². The van der Waals surface area contributed by atoms with Gasteiger partial charge in [-0.15, -0.1) is 0 Å². The second-order valence-electron chi connectivity index (χ2n) is 28.9. The van der Waals surface area contributed by atoms with E-state index in [4.69, 9.17) is 23.7 Å². The van der Waals surface area contributed by atoms with Gasteiger partial charge in [-0.2, -0.15) is 0 Å². The molecule has 0 amide bonds. The van der Waals surface area contributed by atoms with Crippen LogP contribution in [0, 0.1) is 242 Å². The van der Waals surface area contributed by atoms with E-state index >= 15 is 0 Å². The molecule has 0 aliphatic rings. The molecule has 0 saturated carbocycles. The van der Waals surface area contributed by atoms with Gasteiger partial charge in [0.05, 0.1) is 35.5 Å². The fraction of sp³-hybridized carbons (Fsp3) is 0.400. The van der Waals surface area contributed by atoms with Crippen LogP contribution in [0.3, 0.4) is 0 Å². The van der Waals surface area contributed by atoms with Gasteiger partial charge in [-0.1, -0.05) is 91.0 Å². The van der Waals surface area contributed by atoms with Crippen LogP contribution >= 0.6 is 0 Å². The van der Waals surface area contributed by atoms with Gasteiger partial charge in [0.1, 0.15) is 28.7 Å². The Labute approximate surface area is 642 Å². The highest BCUT2D eigenvalue weighted by molar-refractivity contribution is 5.49. The molecule has 0 heterocycles. The van der Waals surface area contributed by atoms with Crippen LogP contribution in [-0.4, -0.2) is 35.5 Å². The van der Waals surface area contributed by atoms with Crippen LogP contribution in [0.5, 0.6) is 28.7 Å². The van der Waals surface area contributed by atoms with Crippen molar-refractivity contribution in [3.05, 3.63) is 316 Å². The first-order valence-electron chi connectivity index (χ1n) is 37.2. The summed E-state index contributed by atoms with van der Waals surface area (Å²) in [5.41, 5.74) is 47.8. The van der Waals surface area contributed by atoms with Gasteiger partial charge in [0.15, 0.2) is 0 Å². The van der Waals surface area contributed by atoms with Crippen LogP contribution in [-0.2, 0) is 0 Å². The third-order valence-electron chi connectivity index (χ3n) is 22.8. The molecule has 0 fully saturated rings. The van der Waals surface area contributed by atoms with Crippen molar-refractivity contribution in [2.45, 2.75) is 242 Å². The third-order valence-corrected chi connectivity index (χ3v) is 22.8. The van der Waals surface area contributed by atoms with Crippen molar-refractivity contribution in [3.63, 3.8) is 0 Å². The SMILES string of the molecule is COc1ccc(C)c(C)c1C.COc1ccc(C)c(C)c1C.COc1ccc(C)c(C)c1C.COc1ccc(OC)c(C)c1C.Cc1ccc(C)c(C)c1C.Cc1ccc(C)c(C)c1C.Cc1ccc(C)c(C)c1C.Cc1ccc(C)c(C)c1C.Cc1ccc(C)c(C)c1C.Cc1ccc(C)c(C)c1C. The summed E-state index contributed by atoms with van der Waals surface area (Å²) < 4.78 is 25.9. The lowest BCUT2D eigenvalue weighted by atomic mass is 10.0. The maximum atomic E-state index is 5.18. The van der Waals surface area contributed by atoms with E-state index in [1.54, 1.807) is 35.5 Å². The van der Waals surface area contributed by atoms with Gasteiger partial charge in [-0.25, -0.2) is 0 Å². The normalized spacial score (nSPS) is 9.90. The van der Waals surface area contributed by atoms with Crippen molar-refractivity contribution < 1.29 is 23.7 Å². The monoisotopic (exact) mass is 1420 g/mol. The molecule has 5 nitrogen and oxygen atoms in total. The highest BCUT2D eigenvalue weighted by Gasteiger charge is 2.09. The Kier molecular flexibility index (Phi) is 40.9. The molecule has 0 spiro atoms. The van der Waals surface area contributed by atoms with E-state index in [-0.39, 0.29) is 0 Å². The maximum Gasteiger partial charge on any atom is 0.122 e. The van der Waals surface area contributed by atoms with E-state index in [1.807, 2.05) is 44.2 Å². The molecule has 0 radical (unpaired) electrons. The number of aryl methyl sites for hydroxylation is 15. The molecule has 0 N–H and O–H groups in total. The molecule has 10 rings (SSSR count). The summed E-state index contributed by atoms with van der Waals surface area (Å²) in [5.74, 6) is 4.76. The zero-order valence-corrected chi connectivity index (χ0v) is 73.6.